The van der Waals surface area contributed by atoms with Crippen LogP contribution >= 0.6 is 0 Å². The zero-order chi connectivity index (χ0) is 13.7. The largest absolute Gasteiger partial charge is 0.478 e. The number of carboxylic acids is 1. The molecule has 1 atom stereocenters. The Hall–Kier alpha value is -2.18. The third kappa shape index (κ3) is 3.41. The van der Waals surface area contributed by atoms with Crippen molar-refractivity contribution in [3.05, 3.63) is 27.9 Å². The van der Waals surface area contributed by atoms with Crippen LogP contribution in [0.1, 0.15) is 37.0 Å². The topological polar surface area (TPSA) is 105 Å². The van der Waals surface area contributed by atoms with Crippen LogP contribution in [-0.4, -0.2) is 27.0 Å². The Labute approximate surface area is 104 Å². The van der Waals surface area contributed by atoms with Gasteiger partial charge in [-0.1, -0.05) is 13.3 Å². The molecule has 0 aliphatic heterocycles. The van der Waals surface area contributed by atoms with Crippen LogP contribution in [0.15, 0.2) is 12.3 Å². The van der Waals surface area contributed by atoms with Gasteiger partial charge in [0.2, 0.25) is 0 Å². The van der Waals surface area contributed by atoms with Crippen molar-refractivity contribution in [1.82, 2.24) is 4.98 Å². The Bertz CT molecular complexity index is 462. The lowest BCUT2D eigenvalue weighted by molar-refractivity contribution is -0.385. The third-order valence-corrected chi connectivity index (χ3v) is 2.42. The van der Waals surface area contributed by atoms with Gasteiger partial charge in [-0.15, -0.1) is 0 Å². The minimum absolute atomic E-state index is 0.0575. The Kier molecular flexibility index (Phi) is 4.59. The van der Waals surface area contributed by atoms with Crippen LogP contribution in [0.5, 0.6) is 0 Å². The van der Waals surface area contributed by atoms with Crippen molar-refractivity contribution >= 4 is 17.5 Å². The minimum Gasteiger partial charge on any atom is -0.478 e. The highest BCUT2D eigenvalue weighted by molar-refractivity contribution is 5.93. The van der Waals surface area contributed by atoms with Crippen LogP contribution in [0.4, 0.5) is 11.5 Å². The van der Waals surface area contributed by atoms with Gasteiger partial charge in [0.05, 0.1) is 4.92 Å². The van der Waals surface area contributed by atoms with E-state index in [2.05, 4.69) is 10.3 Å². The number of aromatic nitrogens is 1. The molecule has 1 aromatic heterocycles. The monoisotopic (exact) mass is 253 g/mol. The second-order valence-corrected chi connectivity index (χ2v) is 3.99. The summed E-state index contributed by atoms with van der Waals surface area (Å²) >= 11 is 0. The quantitative estimate of drug-likeness (QED) is 0.595. The summed E-state index contributed by atoms with van der Waals surface area (Å²) in [6.45, 7) is 3.91. The van der Waals surface area contributed by atoms with Crippen LogP contribution < -0.4 is 5.32 Å². The molecule has 0 aliphatic rings. The number of carbonyl (C=O) groups is 1. The number of anilines is 1. The molecule has 0 fully saturated rings. The number of pyridine rings is 1. The van der Waals surface area contributed by atoms with Crippen molar-refractivity contribution in [3.8, 4) is 0 Å². The highest BCUT2D eigenvalue weighted by Gasteiger charge is 2.18. The summed E-state index contributed by atoms with van der Waals surface area (Å²) in [7, 11) is 0. The fourth-order valence-corrected chi connectivity index (χ4v) is 1.57. The van der Waals surface area contributed by atoms with E-state index in [1.807, 2.05) is 13.8 Å². The van der Waals surface area contributed by atoms with Crippen molar-refractivity contribution < 1.29 is 14.8 Å². The minimum atomic E-state index is -1.24. The average Bonchev–Trinajstić information content (AvgIpc) is 2.29. The number of aromatic carboxylic acids is 1. The lowest BCUT2D eigenvalue weighted by atomic mass is 10.1. The summed E-state index contributed by atoms with van der Waals surface area (Å²) in [5, 5.41) is 22.5. The van der Waals surface area contributed by atoms with Gasteiger partial charge >= 0.3 is 5.97 Å². The van der Waals surface area contributed by atoms with Gasteiger partial charge < -0.3 is 10.4 Å². The summed E-state index contributed by atoms with van der Waals surface area (Å²) in [6, 6.07) is 1.07. The van der Waals surface area contributed by atoms with Gasteiger partial charge in [0, 0.05) is 12.1 Å². The maximum Gasteiger partial charge on any atom is 0.339 e. The summed E-state index contributed by atoms with van der Waals surface area (Å²) in [5.74, 6) is -1.08. The van der Waals surface area contributed by atoms with Crippen molar-refractivity contribution in [2.45, 2.75) is 32.7 Å². The van der Waals surface area contributed by atoms with Crippen molar-refractivity contribution in [1.29, 1.82) is 0 Å². The number of nitrogens with one attached hydrogen (secondary N) is 1. The number of carboxylic acid groups (broad SMARTS) is 1. The van der Waals surface area contributed by atoms with E-state index in [9.17, 15) is 14.9 Å². The van der Waals surface area contributed by atoms with Crippen LogP contribution in [0.3, 0.4) is 0 Å². The molecule has 0 aliphatic carbocycles. The normalized spacial score (nSPS) is 11.9. The van der Waals surface area contributed by atoms with Gasteiger partial charge in [-0.05, 0) is 13.3 Å². The molecule has 1 unspecified atom stereocenters. The first-order chi connectivity index (χ1) is 8.45. The fourth-order valence-electron chi connectivity index (χ4n) is 1.57. The molecule has 7 nitrogen and oxygen atoms in total. The summed E-state index contributed by atoms with van der Waals surface area (Å²) in [5.41, 5.74) is -0.520. The molecule has 0 saturated carbocycles. The highest BCUT2D eigenvalue weighted by atomic mass is 16.6. The first-order valence-corrected chi connectivity index (χ1v) is 5.60. The van der Waals surface area contributed by atoms with E-state index in [-0.39, 0.29) is 23.1 Å². The Morgan fingerprint density at radius 1 is 1.67 bits per heavy atom. The van der Waals surface area contributed by atoms with Crippen molar-refractivity contribution in [3.63, 3.8) is 0 Å². The van der Waals surface area contributed by atoms with Gasteiger partial charge in [-0.3, -0.25) is 10.1 Å². The lowest BCUT2D eigenvalue weighted by Crippen LogP contribution is -2.18. The Morgan fingerprint density at radius 3 is 2.83 bits per heavy atom. The van der Waals surface area contributed by atoms with Crippen molar-refractivity contribution in [2.24, 2.45) is 0 Å². The molecule has 0 spiro atoms. The third-order valence-electron chi connectivity index (χ3n) is 2.42. The molecular formula is C11H15N3O4. The second kappa shape index (κ2) is 5.95. The number of rotatable bonds is 6. The zero-order valence-corrected chi connectivity index (χ0v) is 10.2. The van der Waals surface area contributed by atoms with E-state index in [0.29, 0.717) is 0 Å². The summed E-state index contributed by atoms with van der Waals surface area (Å²) in [4.78, 5) is 24.7. The summed E-state index contributed by atoms with van der Waals surface area (Å²) in [6.07, 6.45) is 2.86. The predicted molar refractivity (Wildman–Crippen MR) is 65.8 cm³/mol. The zero-order valence-electron chi connectivity index (χ0n) is 10.2. The molecule has 0 bridgehead atoms. The lowest BCUT2D eigenvalue weighted by Gasteiger charge is -2.14. The van der Waals surface area contributed by atoms with Crippen molar-refractivity contribution in [2.75, 3.05) is 5.32 Å². The van der Waals surface area contributed by atoms with E-state index in [1.54, 1.807) is 0 Å². The number of nitro groups is 1. The SMILES string of the molecule is CCCC(C)Nc1ncc([N+](=O)[O-])cc1C(=O)O. The van der Waals surface area contributed by atoms with Crippen LogP contribution in [0, 0.1) is 10.1 Å². The molecule has 0 saturated heterocycles. The standard InChI is InChI=1S/C11H15N3O4/c1-3-4-7(2)13-10-9(11(15)16)5-8(6-12-10)14(17)18/h5-7H,3-4H2,1-2H3,(H,12,13)(H,15,16). The first kappa shape index (κ1) is 13.9. The molecule has 0 radical (unpaired) electrons. The first-order valence-electron chi connectivity index (χ1n) is 5.60. The second-order valence-electron chi connectivity index (χ2n) is 3.99. The van der Waals surface area contributed by atoms with Crippen LogP contribution in [0.25, 0.3) is 0 Å². The summed E-state index contributed by atoms with van der Waals surface area (Å²) < 4.78 is 0. The van der Waals surface area contributed by atoms with E-state index < -0.39 is 10.9 Å². The van der Waals surface area contributed by atoms with Gasteiger partial charge in [0.25, 0.3) is 5.69 Å². The van der Waals surface area contributed by atoms with E-state index in [4.69, 9.17) is 5.11 Å². The van der Waals surface area contributed by atoms with Gasteiger partial charge in [-0.2, -0.15) is 0 Å². The molecular weight excluding hydrogens is 238 g/mol. The van der Waals surface area contributed by atoms with Gasteiger partial charge in [-0.25, -0.2) is 9.78 Å². The molecule has 18 heavy (non-hydrogen) atoms. The van der Waals surface area contributed by atoms with E-state index in [0.717, 1.165) is 25.1 Å². The predicted octanol–water partition coefficient (Wildman–Crippen LogP) is 2.29. The van der Waals surface area contributed by atoms with Crippen LogP contribution in [0.2, 0.25) is 0 Å². The molecule has 7 heteroatoms. The van der Waals surface area contributed by atoms with Gasteiger partial charge in [0.15, 0.2) is 0 Å². The van der Waals surface area contributed by atoms with E-state index >= 15 is 0 Å². The Balaban J connectivity index is 3.04. The molecule has 1 aromatic rings. The van der Waals surface area contributed by atoms with E-state index in [1.165, 1.54) is 0 Å². The smallest absolute Gasteiger partial charge is 0.339 e. The molecule has 1 rings (SSSR count). The highest BCUT2D eigenvalue weighted by Crippen LogP contribution is 2.20. The molecule has 1 heterocycles. The average molecular weight is 253 g/mol. The molecule has 0 aromatic carbocycles. The van der Waals surface area contributed by atoms with Gasteiger partial charge in [0.1, 0.15) is 17.6 Å². The molecule has 0 amide bonds. The number of hydrogen-bond donors (Lipinski definition) is 2. The molecule has 98 valence electrons. The number of hydrogen-bond acceptors (Lipinski definition) is 5. The van der Waals surface area contributed by atoms with Crippen LogP contribution in [-0.2, 0) is 0 Å². The Morgan fingerprint density at radius 2 is 2.33 bits per heavy atom. The fraction of sp³-hybridized carbons (Fsp3) is 0.455. The maximum atomic E-state index is 11.0. The molecule has 2 N–H and O–H groups in total. The number of nitrogens with zero attached hydrogens (tertiary/aromatic N) is 2. The maximum absolute atomic E-state index is 11.0.